The van der Waals surface area contributed by atoms with Crippen LogP contribution < -0.4 is 0 Å². The minimum absolute atomic E-state index is 0.0567. The van der Waals surface area contributed by atoms with Gasteiger partial charge in [0.15, 0.2) is 9.84 Å². The first-order chi connectivity index (χ1) is 16.1. The molecule has 0 spiro atoms. The number of sulfone groups is 1. The zero-order valence-corrected chi connectivity index (χ0v) is 21.2. The van der Waals surface area contributed by atoms with Gasteiger partial charge in [-0.1, -0.05) is 68.0 Å². The molecule has 2 fully saturated rings. The van der Waals surface area contributed by atoms with Crippen LogP contribution in [0.4, 0.5) is 0 Å². The van der Waals surface area contributed by atoms with E-state index in [0.29, 0.717) is 30.1 Å². The number of allylic oxidation sites excluding steroid dienone is 5. The zero-order chi connectivity index (χ0) is 24.5. The minimum atomic E-state index is -3.28. The van der Waals surface area contributed by atoms with E-state index < -0.39 is 22.0 Å². The summed E-state index contributed by atoms with van der Waals surface area (Å²) in [5.74, 6) is 0.806. The van der Waals surface area contributed by atoms with Crippen molar-refractivity contribution in [1.82, 2.24) is 0 Å². The van der Waals surface area contributed by atoms with E-state index in [-0.39, 0.29) is 17.1 Å². The van der Waals surface area contributed by atoms with Gasteiger partial charge in [0.25, 0.3) is 0 Å². The van der Waals surface area contributed by atoms with Crippen molar-refractivity contribution in [3.05, 3.63) is 77.4 Å². The van der Waals surface area contributed by atoms with Gasteiger partial charge in [0.1, 0.15) is 0 Å². The molecule has 3 aliphatic rings. The largest absolute Gasteiger partial charge is 0.393 e. The van der Waals surface area contributed by atoms with Crippen LogP contribution in [0.15, 0.2) is 82.3 Å². The van der Waals surface area contributed by atoms with Crippen molar-refractivity contribution in [2.24, 2.45) is 17.3 Å². The molecule has 4 rings (SSSR count). The number of hydrogen-bond donors (Lipinski definition) is 2. The first-order valence-electron chi connectivity index (χ1n) is 12.5. The quantitative estimate of drug-likeness (QED) is 0.522. The predicted molar refractivity (Wildman–Crippen MR) is 137 cm³/mol. The molecular weight excluding hydrogens is 444 g/mol. The van der Waals surface area contributed by atoms with Gasteiger partial charge in [0.2, 0.25) is 0 Å². The summed E-state index contributed by atoms with van der Waals surface area (Å²) in [4.78, 5) is 0.405. The Kier molecular flexibility index (Phi) is 7.37. The Hall–Kier alpha value is -1.95. The average molecular weight is 483 g/mol. The SMILES string of the molecule is C=C1C(=CC=C2CCC[C@]3(C)C([C@H](C)CCS(=O)(=O)c4ccccc4)=CC[C@@H]23)C[C@@H](O)C[C@@H]1O. The van der Waals surface area contributed by atoms with Crippen LogP contribution in [0.1, 0.15) is 58.8 Å². The van der Waals surface area contributed by atoms with Gasteiger partial charge in [0.05, 0.1) is 22.9 Å². The van der Waals surface area contributed by atoms with E-state index >= 15 is 0 Å². The Balaban J connectivity index is 1.47. The van der Waals surface area contributed by atoms with Crippen LogP contribution in [0.2, 0.25) is 0 Å². The van der Waals surface area contributed by atoms with Gasteiger partial charge in [-0.25, -0.2) is 8.42 Å². The van der Waals surface area contributed by atoms with Gasteiger partial charge in [-0.15, -0.1) is 0 Å². The van der Waals surface area contributed by atoms with Crippen LogP contribution in [0.5, 0.6) is 0 Å². The van der Waals surface area contributed by atoms with Gasteiger partial charge in [-0.3, -0.25) is 0 Å². The maximum atomic E-state index is 12.8. The molecule has 5 atom stereocenters. The highest BCUT2D eigenvalue weighted by Crippen LogP contribution is 2.57. The molecule has 2 saturated carbocycles. The first kappa shape index (κ1) is 25.2. The molecule has 184 valence electrons. The second kappa shape index (κ2) is 9.96. The standard InChI is InChI=1S/C29H38O4S/c1-20(15-17-34(32,33)25-9-5-4-6-10-25)26-13-14-27-22(8-7-16-29(26,27)3)11-12-23-18-24(30)19-28(31)21(23)2/h4-6,9-13,20,24,27-28,30-31H,2,7-8,14-19H2,1,3H3/t20-,24-,27+,28+,29-/m1/s1. The summed E-state index contributed by atoms with van der Waals surface area (Å²) in [5.41, 5.74) is 4.54. The fourth-order valence-electron chi connectivity index (χ4n) is 6.31. The van der Waals surface area contributed by atoms with Crippen molar-refractivity contribution in [3.8, 4) is 0 Å². The topological polar surface area (TPSA) is 74.6 Å². The molecule has 2 N–H and O–H groups in total. The Morgan fingerprint density at radius 1 is 1.21 bits per heavy atom. The molecule has 0 bridgehead atoms. The number of aliphatic hydroxyl groups is 2. The molecule has 3 aliphatic carbocycles. The number of fused-ring (bicyclic) bond motifs is 1. The molecule has 0 unspecified atom stereocenters. The second-order valence-corrected chi connectivity index (χ2v) is 12.7. The lowest BCUT2D eigenvalue weighted by Crippen LogP contribution is -2.33. The molecule has 0 radical (unpaired) electrons. The minimum Gasteiger partial charge on any atom is -0.393 e. The summed E-state index contributed by atoms with van der Waals surface area (Å²) in [6.07, 6.45) is 11.2. The van der Waals surface area contributed by atoms with Crippen molar-refractivity contribution in [3.63, 3.8) is 0 Å². The first-order valence-corrected chi connectivity index (χ1v) is 14.2. The highest BCUT2D eigenvalue weighted by Gasteiger charge is 2.46. The van der Waals surface area contributed by atoms with Crippen LogP contribution in [-0.2, 0) is 9.84 Å². The van der Waals surface area contributed by atoms with Gasteiger partial charge in [-0.05, 0) is 79.1 Å². The van der Waals surface area contributed by atoms with E-state index in [2.05, 4.69) is 38.7 Å². The van der Waals surface area contributed by atoms with E-state index in [1.807, 2.05) is 6.07 Å². The zero-order valence-electron chi connectivity index (χ0n) is 20.4. The Morgan fingerprint density at radius 2 is 1.94 bits per heavy atom. The van der Waals surface area contributed by atoms with Crippen LogP contribution in [0.3, 0.4) is 0 Å². The van der Waals surface area contributed by atoms with E-state index in [4.69, 9.17) is 0 Å². The molecule has 0 aliphatic heterocycles. The van der Waals surface area contributed by atoms with Crippen molar-refractivity contribution >= 4 is 9.84 Å². The Bertz CT molecular complexity index is 1110. The normalized spacial score (nSPS) is 33.1. The number of hydrogen-bond acceptors (Lipinski definition) is 4. The van der Waals surface area contributed by atoms with Gasteiger partial charge in [0, 0.05) is 6.42 Å². The summed E-state index contributed by atoms with van der Waals surface area (Å²) in [6.45, 7) is 8.56. The average Bonchev–Trinajstić information content (AvgIpc) is 3.17. The predicted octanol–water partition coefficient (Wildman–Crippen LogP) is 5.55. The van der Waals surface area contributed by atoms with Crippen molar-refractivity contribution in [1.29, 1.82) is 0 Å². The molecule has 0 amide bonds. The molecule has 34 heavy (non-hydrogen) atoms. The fourth-order valence-corrected chi connectivity index (χ4v) is 7.79. The number of benzene rings is 1. The molecule has 1 aromatic carbocycles. The van der Waals surface area contributed by atoms with Gasteiger partial charge < -0.3 is 10.2 Å². The maximum Gasteiger partial charge on any atom is 0.178 e. The van der Waals surface area contributed by atoms with E-state index in [1.54, 1.807) is 24.3 Å². The summed E-state index contributed by atoms with van der Waals surface area (Å²) < 4.78 is 25.6. The van der Waals surface area contributed by atoms with E-state index in [9.17, 15) is 18.6 Å². The molecule has 0 aromatic heterocycles. The maximum absolute atomic E-state index is 12.8. The lowest BCUT2D eigenvalue weighted by molar-refractivity contribution is 0.0862. The van der Waals surface area contributed by atoms with Gasteiger partial charge >= 0.3 is 0 Å². The van der Waals surface area contributed by atoms with Crippen LogP contribution in [0, 0.1) is 17.3 Å². The second-order valence-electron chi connectivity index (χ2n) is 10.6. The van der Waals surface area contributed by atoms with Gasteiger partial charge in [-0.2, -0.15) is 0 Å². The molecule has 4 nitrogen and oxygen atoms in total. The summed E-state index contributed by atoms with van der Waals surface area (Å²) in [5, 5.41) is 20.2. The molecular formula is C29H38O4S. The lowest BCUT2D eigenvalue weighted by atomic mass is 9.62. The molecule has 5 heteroatoms. The third-order valence-corrected chi connectivity index (χ3v) is 10.1. The third-order valence-electron chi connectivity index (χ3n) is 8.33. The van der Waals surface area contributed by atoms with Crippen molar-refractivity contribution in [2.75, 3.05) is 5.75 Å². The summed E-state index contributed by atoms with van der Waals surface area (Å²) in [6, 6.07) is 8.74. The molecule has 0 saturated heterocycles. The van der Waals surface area contributed by atoms with Crippen LogP contribution in [-0.4, -0.2) is 36.6 Å². The summed E-state index contributed by atoms with van der Waals surface area (Å²) >= 11 is 0. The number of rotatable bonds is 6. The molecule has 1 aromatic rings. The van der Waals surface area contributed by atoms with Crippen LogP contribution >= 0.6 is 0 Å². The Morgan fingerprint density at radius 3 is 2.68 bits per heavy atom. The van der Waals surface area contributed by atoms with E-state index in [1.165, 1.54) is 11.1 Å². The van der Waals surface area contributed by atoms with Crippen molar-refractivity contribution in [2.45, 2.75) is 75.9 Å². The highest BCUT2D eigenvalue weighted by atomic mass is 32.2. The fraction of sp³-hybridized carbons (Fsp3) is 0.517. The third kappa shape index (κ3) is 5.02. The number of aliphatic hydroxyl groups excluding tert-OH is 2. The van der Waals surface area contributed by atoms with E-state index in [0.717, 1.165) is 36.8 Å². The van der Waals surface area contributed by atoms with Crippen LogP contribution in [0.25, 0.3) is 0 Å². The smallest absolute Gasteiger partial charge is 0.178 e. The summed E-state index contributed by atoms with van der Waals surface area (Å²) in [7, 11) is -3.28. The monoisotopic (exact) mass is 482 g/mol. The Labute approximate surface area is 204 Å². The molecule has 0 heterocycles. The van der Waals surface area contributed by atoms with Crippen molar-refractivity contribution < 1.29 is 18.6 Å². The highest BCUT2D eigenvalue weighted by molar-refractivity contribution is 7.91. The lowest BCUT2D eigenvalue weighted by Gasteiger charge is -2.42.